The molecule has 1 aromatic rings. The van der Waals surface area contributed by atoms with E-state index in [0.717, 1.165) is 0 Å². The molecule has 0 aromatic carbocycles. The Kier molecular flexibility index (Phi) is 7.56. The molecule has 19 heavy (non-hydrogen) atoms. The van der Waals surface area contributed by atoms with Crippen LogP contribution in [0.15, 0.2) is 12.1 Å². The third-order valence-corrected chi connectivity index (χ3v) is 4.08. The van der Waals surface area contributed by atoms with E-state index >= 15 is 0 Å². The zero-order valence-corrected chi connectivity index (χ0v) is 13.1. The highest BCUT2D eigenvalue weighted by Gasteiger charge is 2.19. The lowest BCUT2D eigenvalue weighted by molar-refractivity contribution is 0.0653. The third-order valence-electron chi connectivity index (χ3n) is 2.81. The van der Waals surface area contributed by atoms with Crippen LogP contribution in [0.2, 0.25) is 4.34 Å². The summed E-state index contributed by atoms with van der Waals surface area (Å²) in [4.78, 5) is 14.9. The highest BCUT2D eigenvalue weighted by atomic mass is 35.5. The predicted octanol–water partition coefficient (Wildman–Crippen LogP) is 2.57. The van der Waals surface area contributed by atoms with Gasteiger partial charge in [-0.3, -0.25) is 9.69 Å². The molecular weight excluding hydrogens is 286 g/mol. The molecule has 0 radical (unpaired) electrons. The highest BCUT2D eigenvalue weighted by molar-refractivity contribution is 7.18. The van der Waals surface area contributed by atoms with E-state index in [4.69, 9.17) is 21.1 Å². The van der Waals surface area contributed by atoms with Crippen LogP contribution in [0.1, 0.15) is 16.6 Å². The Morgan fingerprint density at radius 1 is 1.42 bits per heavy atom. The molecule has 0 aliphatic rings. The van der Waals surface area contributed by atoms with Crippen LogP contribution in [0.4, 0.5) is 0 Å². The fraction of sp³-hybridized carbons (Fsp3) is 0.615. The number of carbonyl (C=O) groups is 1. The van der Waals surface area contributed by atoms with Gasteiger partial charge in [0.2, 0.25) is 0 Å². The van der Waals surface area contributed by atoms with Gasteiger partial charge in [-0.05, 0) is 19.1 Å². The number of rotatable bonds is 9. The van der Waals surface area contributed by atoms with Crippen molar-refractivity contribution in [1.29, 1.82) is 0 Å². The van der Waals surface area contributed by atoms with Crippen LogP contribution in [-0.4, -0.2) is 57.2 Å². The van der Waals surface area contributed by atoms with Crippen molar-refractivity contribution >= 4 is 28.7 Å². The van der Waals surface area contributed by atoms with Crippen molar-refractivity contribution in [3.63, 3.8) is 0 Å². The molecule has 0 spiro atoms. The highest BCUT2D eigenvalue weighted by Crippen LogP contribution is 2.22. The normalized spacial score (nSPS) is 12.9. The van der Waals surface area contributed by atoms with E-state index in [9.17, 15) is 4.79 Å². The average Bonchev–Trinajstić information content (AvgIpc) is 2.81. The van der Waals surface area contributed by atoms with Crippen molar-refractivity contribution in [3.05, 3.63) is 21.3 Å². The van der Waals surface area contributed by atoms with Gasteiger partial charge in [-0.2, -0.15) is 0 Å². The number of halogens is 1. The minimum Gasteiger partial charge on any atom is -0.383 e. The summed E-state index contributed by atoms with van der Waals surface area (Å²) >= 11 is 7.16. The molecule has 0 aliphatic heterocycles. The largest absolute Gasteiger partial charge is 0.383 e. The van der Waals surface area contributed by atoms with Crippen LogP contribution in [0.25, 0.3) is 0 Å². The van der Waals surface area contributed by atoms with Gasteiger partial charge in [0.25, 0.3) is 0 Å². The van der Waals surface area contributed by atoms with Crippen molar-refractivity contribution in [2.24, 2.45) is 0 Å². The molecule has 0 saturated heterocycles. The maximum Gasteiger partial charge on any atom is 0.186 e. The molecule has 0 fully saturated rings. The summed E-state index contributed by atoms with van der Waals surface area (Å²) < 4.78 is 10.9. The van der Waals surface area contributed by atoms with E-state index in [-0.39, 0.29) is 11.8 Å². The summed E-state index contributed by atoms with van der Waals surface area (Å²) in [7, 11) is 3.31. The summed E-state index contributed by atoms with van der Waals surface area (Å²) in [6.07, 6.45) is 0. The standard InChI is InChI=1S/C13H20ClNO3S/c1-10(9-18-3)15(6-7-17-2)8-11(16)12-4-5-13(14)19-12/h4-5,10H,6-9H2,1-3H3. The molecule has 1 unspecified atom stereocenters. The number of hydrogen-bond acceptors (Lipinski definition) is 5. The molecular formula is C13H20ClNO3S. The lowest BCUT2D eigenvalue weighted by atomic mass is 10.2. The van der Waals surface area contributed by atoms with Gasteiger partial charge in [0, 0.05) is 26.8 Å². The van der Waals surface area contributed by atoms with Gasteiger partial charge in [0.15, 0.2) is 5.78 Å². The summed E-state index contributed by atoms with van der Waals surface area (Å²) in [6, 6.07) is 3.68. The molecule has 1 heterocycles. The Morgan fingerprint density at radius 3 is 2.68 bits per heavy atom. The number of methoxy groups -OCH3 is 2. The van der Waals surface area contributed by atoms with Crippen molar-refractivity contribution in [3.8, 4) is 0 Å². The second-order valence-electron chi connectivity index (χ2n) is 4.29. The Bertz CT molecular complexity index is 397. The van der Waals surface area contributed by atoms with Crippen molar-refractivity contribution in [2.75, 3.05) is 40.5 Å². The van der Waals surface area contributed by atoms with Crippen molar-refractivity contribution in [2.45, 2.75) is 13.0 Å². The van der Waals surface area contributed by atoms with Crippen molar-refractivity contribution in [1.82, 2.24) is 4.90 Å². The van der Waals surface area contributed by atoms with Crippen LogP contribution in [0, 0.1) is 0 Å². The molecule has 1 rings (SSSR count). The van der Waals surface area contributed by atoms with E-state index in [0.29, 0.717) is 35.5 Å². The quantitative estimate of drug-likeness (QED) is 0.657. The van der Waals surface area contributed by atoms with Gasteiger partial charge in [0.05, 0.1) is 29.0 Å². The molecule has 1 aromatic heterocycles. The maximum atomic E-state index is 12.2. The zero-order valence-electron chi connectivity index (χ0n) is 11.5. The second kappa shape index (κ2) is 8.66. The van der Waals surface area contributed by atoms with E-state index in [1.165, 1.54) is 11.3 Å². The zero-order chi connectivity index (χ0) is 14.3. The molecule has 108 valence electrons. The SMILES string of the molecule is COCCN(CC(=O)c1ccc(Cl)s1)C(C)COC. The molecule has 0 aliphatic carbocycles. The Hall–Kier alpha value is -0.460. The van der Waals surface area contributed by atoms with Crippen LogP contribution in [0.5, 0.6) is 0 Å². The number of hydrogen-bond donors (Lipinski definition) is 0. The third kappa shape index (κ3) is 5.58. The maximum absolute atomic E-state index is 12.2. The summed E-state index contributed by atoms with van der Waals surface area (Å²) in [5, 5.41) is 0. The van der Waals surface area contributed by atoms with Gasteiger partial charge in [-0.25, -0.2) is 0 Å². The lowest BCUT2D eigenvalue weighted by Crippen LogP contribution is -2.41. The molecule has 0 N–H and O–H groups in total. The van der Waals surface area contributed by atoms with Crippen molar-refractivity contribution < 1.29 is 14.3 Å². The average molecular weight is 306 g/mol. The number of ether oxygens (including phenoxy) is 2. The number of ketones is 1. The molecule has 4 nitrogen and oxygen atoms in total. The minimum absolute atomic E-state index is 0.0796. The van der Waals surface area contributed by atoms with E-state index in [1.807, 2.05) is 6.92 Å². The first kappa shape index (κ1) is 16.6. The van der Waals surface area contributed by atoms with Crippen LogP contribution in [0.3, 0.4) is 0 Å². The second-order valence-corrected chi connectivity index (χ2v) is 6.01. The predicted molar refractivity (Wildman–Crippen MR) is 78.4 cm³/mol. The smallest absolute Gasteiger partial charge is 0.186 e. The monoisotopic (exact) mass is 305 g/mol. The number of nitrogens with zero attached hydrogens (tertiary/aromatic N) is 1. The summed E-state index contributed by atoms with van der Waals surface area (Å²) in [5.74, 6) is 0.0796. The van der Waals surface area contributed by atoms with Gasteiger partial charge in [0.1, 0.15) is 0 Å². The number of Topliss-reactive ketones (excluding diaryl/α,β-unsaturated/α-hetero) is 1. The molecule has 0 amide bonds. The summed E-state index contributed by atoms with van der Waals surface area (Å²) in [5.41, 5.74) is 0. The first-order valence-electron chi connectivity index (χ1n) is 6.09. The Labute approximate surface area is 123 Å². The molecule has 1 atom stereocenters. The van der Waals surface area contributed by atoms with E-state index in [1.54, 1.807) is 26.4 Å². The molecule has 6 heteroatoms. The lowest BCUT2D eigenvalue weighted by Gasteiger charge is -2.27. The van der Waals surface area contributed by atoms with Gasteiger partial charge in [-0.15, -0.1) is 11.3 Å². The number of carbonyl (C=O) groups excluding carboxylic acids is 1. The first-order valence-corrected chi connectivity index (χ1v) is 7.28. The summed E-state index contributed by atoms with van der Waals surface area (Å²) in [6.45, 7) is 4.26. The first-order chi connectivity index (χ1) is 9.08. The van der Waals surface area contributed by atoms with Gasteiger partial charge < -0.3 is 9.47 Å². The topological polar surface area (TPSA) is 38.8 Å². The fourth-order valence-corrected chi connectivity index (χ4v) is 2.71. The van der Waals surface area contributed by atoms with Gasteiger partial charge >= 0.3 is 0 Å². The Balaban J connectivity index is 2.62. The van der Waals surface area contributed by atoms with Crippen LogP contribution < -0.4 is 0 Å². The van der Waals surface area contributed by atoms with E-state index < -0.39 is 0 Å². The van der Waals surface area contributed by atoms with Crippen LogP contribution in [-0.2, 0) is 9.47 Å². The molecule has 0 bridgehead atoms. The fourth-order valence-electron chi connectivity index (χ4n) is 1.74. The van der Waals surface area contributed by atoms with Crippen LogP contribution >= 0.6 is 22.9 Å². The minimum atomic E-state index is 0.0796. The Morgan fingerprint density at radius 2 is 2.16 bits per heavy atom. The molecule has 0 saturated carbocycles. The van der Waals surface area contributed by atoms with E-state index in [2.05, 4.69) is 4.90 Å². The number of thiophene rings is 1. The van der Waals surface area contributed by atoms with Gasteiger partial charge in [-0.1, -0.05) is 11.6 Å².